The predicted molar refractivity (Wildman–Crippen MR) is 92.6 cm³/mol. The lowest BCUT2D eigenvalue weighted by atomic mass is 10.2. The number of sulfonamides is 1. The van der Waals surface area contributed by atoms with Crippen molar-refractivity contribution in [1.29, 1.82) is 0 Å². The molecular weight excluding hydrogens is 402 g/mol. The zero-order valence-corrected chi connectivity index (χ0v) is 15.1. The summed E-state index contributed by atoms with van der Waals surface area (Å²) in [5.74, 6) is 0. The summed E-state index contributed by atoms with van der Waals surface area (Å²) in [5, 5.41) is 11.6. The molecule has 0 saturated carbocycles. The second-order valence-corrected chi connectivity index (χ2v) is 7.59. The van der Waals surface area contributed by atoms with Crippen LogP contribution in [-0.4, -0.2) is 55.8 Å². The van der Waals surface area contributed by atoms with E-state index in [0.29, 0.717) is 11.9 Å². The molecule has 10 heteroatoms. The lowest BCUT2D eigenvalue weighted by Crippen LogP contribution is -2.41. The lowest BCUT2D eigenvalue weighted by Gasteiger charge is -2.28. The molecule has 0 N–H and O–H groups in total. The molecule has 1 saturated heterocycles. The highest BCUT2D eigenvalue weighted by Crippen LogP contribution is 2.31. The largest absolute Gasteiger partial charge is 0.379 e. The Labute approximate surface area is 148 Å². The van der Waals surface area contributed by atoms with Gasteiger partial charge in [-0.05, 0) is 6.07 Å². The van der Waals surface area contributed by atoms with E-state index in [1.165, 1.54) is 21.3 Å². The average molecular weight is 418 g/mol. The SMILES string of the molecule is C#CN(CCBr)c1ccc([N+](=O)[O-])cc1S(=O)(=O)N1CCOCC1. The van der Waals surface area contributed by atoms with Crippen LogP contribution in [0.1, 0.15) is 0 Å². The molecule has 130 valence electrons. The fourth-order valence-corrected chi connectivity index (χ4v) is 4.29. The van der Waals surface area contributed by atoms with Crippen molar-refractivity contribution in [1.82, 2.24) is 4.31 Å². The smallest absolute Gasteiger partial charge is 0.270 e. The van der Waals surface area contributed by atoms with Gasteiger partial charge in [-0.25, -0.2) is 8.42 Å². The third-order valence-corrected chi connectivity index (χ3v) is 5.78. The number of terminal acetylenes is 1. The third kappa shape index (κ3) is 3.87. The van der Waals surface area contributed by atoms with Gasteiger partial charge < -0.3 is 4.74 Å². The number of hydrogen-bond donors (Lipinski definition) is 0. The number of nitro groups is 1. The standard InChI is InChI=1S/C14H16BrN3O5S/c1-2-16(6-5-15)13-4-3-12(18(19)20)11-14(13)24(21,22)17-7-9-23-10-8-17/h1,3-4,11H,5-10H2. The summed E-state index contributed by atoms with van der Waals surface area (Å²) in [5.41, 5.74) is -0.0598. The van der Waals surface area contributed by atoms with E-state index in [1.54, 1.807) is 0 Å². The van der Waals surface area contributed by atoms with Crippen molar-refractivity contribution in [3.63, 3.8) is 0 Å². The second-order valence-electron chi connectivity index (χ2n) is 4.90. The van der Waals surface area contributed by atoms with Gasteiger partial charge in [0, 0.05) is 43.1 Å². The van der Waals surface area contributed by atoms with Gasteiger partial charge >= 0.3 is 0 Å². The van der Waals surface area contributed by atoms with Crippen LogP contribution >= 0.6 is 15.9 Å². The summed E-state index contributed by atoms with van der Waals surface area (Å²) >= 11 is 3.26. The first kappa shape index (κ1) is 18.7. The van der Waals surface area contributed by atoms with Crippen LogP contribution in [-0.2, 0) is 14.8 Å². The summed E-state index contributed by atoms with van der Waals surface area (Å²) in [4.78, 5) is 11.7. The molecule has 0 bridgehead atoms. The zero-order valence-electron chi connectivity index (χ0n) is 12.7. The van der Waals surface area contributed by atoms with Gasteiger partial charge in [0.2, 0.25) is 10.0 Å². The van der Waals surface area contributed by atoms with Gasteiger partial charge in [0.05, 0.1) is 23.8 Å². The van der Waals surface area contributed by atoms with E-state index in [-0.39, 0.29) is 42.6 Å². The number of ether oxygens (including phenoxy) is 1. The first-order chi connectivity index (χ1) is 11.4. The number of nitro benzene ring substituents is 1. The van der Waals surface area contributed by atoms with E-state index >= 15 is 0 Å². The van der Waals surface area contributed by atoms with Crippen LogP contribution < -0.4 is 4.90 Å². The Kier molecular flexibility index (Phi) is 6.17. The molecule has 1 aliphatic rings. The Morgan fingerprint density at radius 2 is 2.08 bits per heavy atom. The van der Waals surface area contributed by atoms with E-state index < -0.39 is 14.9 Å². The summed E-state index contributed by atoms with van der Waals surface area (Å²) in [6.07, 6.45) is 5.47. The van der Waals surface area contributed by atoms with E-state index in [2.05, 4.69) is 22.0 Å². The van der Waals surface area contributed by atoms with Gasteiger partial charge in [-0.2, -0.15) is 4.31 Å². The highest BCUT2D eigenvalue weighted by atomic mass is 79.9. The van der Waals surface area contributed by atoms with Crippen molar-refractivity contribution in [2.45, 2.75) is 4.90 Å². The van der Waals surface area contributed by atoms with Crippen molar-refractivity contribution < 1.29 is 18.1 Å². The highest BCUT2D eigenvalue weighted by Gasteiger charge is 2.31. The molecule has 24 heavy (non-hydrogen) atoms. The summed E-state index contributed by atoms with van der Waals surface area (Å²) in [6, 6.07) is 6.07. The minimum Gasteiger partial charge on any atom is -0.379 e. The van der Waals surface area contributed by atoms with E-state index in [1.807, 2.05) is 0 Å². The number of alkyl halides is 1. The van der Waals surface area contributed by atoms with E-state index in [0.717, 1.165) is 6.07 Å². The zero-order chi connectivity index (χ0) is 17.7. The average Bonchev–Trinajstić information content (AvgIpc) is 2.60. The normalized spacial score (nSPS) is 15.7. The van der Waals surface area contributed by atoms with Crippen LogP contribution in [0.25, 0.3) is 0 Å². The molecule has 1 aromatic carbocycles. The molecule has 0 radical (unpaired) electrons. The van der Waals surface area contributed by atoms with Crippen LogP contribution in [0.3, 0.4) is 0 Å². The third-order valence-electron chi connectivity index (χ3n) is 3.50. The molecule has 0 amide bonds. The molecule has 1 fully saturated rings. The summed E-state index contributed by atoms with van der Waals surface area (Å²) in [7, 11) is -3.93. The molecule has 1 heterocycles. The maximum Gasteiger partial charge on any atom is 0.270 e. The topological polar surface area (TPSA) is 93.0 Å². The number of anilines is 1. The maximum absolute atomic E-state index is 12.9. The Morgan fingerprint density at radius 1 is 1.42 bits per heavy atom. The minimum absolute atomic E-state index is 0.169. The second kappa shape index (κ2) is 7.94. The summed E-state index contributed by atoms with van der Waals surface area (Å²) in [6.45, 7) is 1.31. The van der Waals surface area contributed by atoms with Gasteiger partial charge in [0.1, 0.15) is 4.90 Å². The Bertz CT molecular complexity index is 756. The fourth-order valence-electron chi connectivity index (χ4n) is 2.31. The van der Waals surface area contributed by atoms with E-state index in [9.17, 15) is 18.5 Å². The number of non-ortho nitro benzene ring substituents is 1. The molecule has 1 aromatic rings. The van der Waals surface area contributed by atoms with Gasteiger partial charge in [0.15, 0.2) is 0 Å². The van der Waals surface area contributed by atoms with Crippen LogP contribution in [0.15, 0.2) is 23.1 Å². The molecule has 1 aliphatic heterocycles. The Balaban J connectivity index is 2.57. The molecule has 8 nitrogen and oxygen atoms in total. The monoisotopic (exact) mass is 417 g/mol. The first-order valence-corrected chi connectivity index (χ1v) is 9.64. The molecule has 0 aromatic heterocycles. The van der Waals surface area contributed by atoms with E-state index in [4.69, 9.17) is 11.2 Å². The minimum atomic E-state index is -3.93. The van der Waals surface area contributed by atoms with Crippen molar-refractivity contribution in [3.8, 4) is 12.5 Å². The quantitative estimate of drug-likeness (QED) is 0.228. The van der Waals surface area contributed by atoms with Crippen molar-refractivity contribution >= 4 is 37.3 Å². The molecule has 0 atom stereocenters. The van der Waals surface area contributed by atoms with Crippen LogP contribution in [0.5, 0.6) is 0 Å². The Hall–Kier alpha value is -1.67. The number of morpholine rings is 1. The first-order valence-electron chi connectivity index (χ1n) is 7.08. The van der Waals surface area contributed by atoms with Crippen molar-refractivity contribution in [2.75, 3.05) is 43.1 Å². The van der Waals surface area contributed by atoms with Gasteiger partial charge in [-0.15, -0.1) is 0 Å². The fraction of sp³-hybridized carbons (Fsp3) is 0.429. The van der Waals surface area contributed by atoms with Crippen molar-refractivity contribution in [3.05, 3.63) is 28.3 Å². The molecule has 0 spiro atoms. The molecule has 0 unspecified atom stereocenters. The highest BCUT2D eigenvalue weighted by molar-refractivity contribution is 9.09. The number of halogens is 1. The molecular formula is C14H16BrN3O5S. The number of hydrogen-bond acceptors (Lipinski definition) is 6. The van der Waals surface area contributed by atoms with Crippen LogP contribution in [0, 0.1) is 22.6 Å². The number of benzene rings is 1. The Morgan fingerprint density at radius 3 is 2.62 bits per heavy atom. The van der Waals surface area contributed by atoms with Crippen LogP contribution in [0.4, 0.5) is 11.4 Å². The van der Waals surface area contributed by atoms with Gasteiger partial charge in [-0.1, -0.05) is 22.4 Å². The number of nitrogens with zero attached hydrogens (tertiary/aromatic N) is 3. The van der Waals surface area contributed by atoms with Gasteiger partial charge in [0.25, 0.3) is 5.69 Å². The number of rotatable bonds is 6. The van der Waals surface area contributed by atoms with Crippen LogP contribution in [0.2, 0.25) is 0 Å². The van der Waals surface area contributed by atoms with Gasteiger partial charge in [-0.3, -0.25) is 15.0 Å². The molecule has 2 rings (SSSR count). The van der Waals surface area contributed by atoms with Crippen molar-refractivity contribution in [2.24, 2.45) is 0 Å². The lowest BCUT2D eigenvalue weighted by molar-refractivity contribution is -0.385. The maximum atomic E-state index is 12.9. The summed E-state index contributed by atoms with van der Waals surface area (Å²) < 4.78 is 32.3. The molecule has 0 aliphatic carbocycles. The predicted octanol–water partition coefficient (Wildman–Crippen LogP) is 1.41.